The summed E-state index contributed by atoms with van der Waals surface area (Å²) in [5.74, 6) is -0.428. The molecule has 0 saturated carbocycles. The maximum absolute atomic E-state index is 13.0. The summed E-state index contributed by atoms with van der Waals surface area (Å²) in [6.07, 6.45) is 1.62. The van der Waals surface area contributed by atoms with Crippen LogP contribution in [-0.4, -0.2) is 31.9 Å². The number of hydrogen-bond donors (Lipinski definition) is 3. The van der Waals surface area contributed by atoms with E-state index in [1.54, 1.807) is 30.5 Å². The Bertz CT molecular complexity index is 1420. The predicted octanol–water partition coefficient (Wildman–Crippen LogP) is 2.24. The van der Waals surface area contributed by atoms with Crippen molar-refractivity contribution in [1.29, 1.82) is 0 Å². The third-order valence-electron chi connectivity index (χ3n) is 5.07. The van der Waals surface area contributed by atoms with Crippen LogP contribution in [0.3, 0.4) is 0 Å². The first-order valence-corrected chi connectivity index (χ1v) is 10.6. The number of hydrogen-bond acceptors (Lipinski definition) is 6. The minimum atomic E-state index is -0.804. The van der Waals surface area contributed by atoms with E-state index in [1.807, 2.05) is 44.3 Å². The molecule has 0 radical (unpaired) electrons. The Morgan fingerprint density at radius 2 is 1.88 bits per heavy atom. The van der Waals surface area contributed by atoms with E-state index in [-0.39, 0.29) is 5.03 Å². The van der Waals surface area contributed by atoms with E-state index < -0.39 is 22.4 Å². The average molecular weight is 449 g/mol. The molecule has 1 amide bonds. The summed E-state index contributed by atoms with van der Waals surface area (Å²) in [7, 11) is 1.98. The normalized spacial score (nSPS) is 12.3. The monoisotopic (exact) mass is 448 g/mol. The molecule has 2 aromatic carbocycles. The zero-order valence-corrected chi connectivity index (χ0v) is 18.1. The van der Waals surface area contributed by atoms with Crippen LogP contribution in [0.1, 0.15) is 22.1 Å². The lowest BCUT2D eigenvalue weighted by atomic mass is 10.1. The van der Waals surface area contributed by atoms with Crippen LogP contribution in [0.5, 0.6) is 0 Å². The minimum Gasteiger partial charge on any atom is -0.347 e. The molecule has 32 heavy (non-hydrogen) atoms. The largest absolute Gasteiger partial charge is 0.347 e. The Hall–Kier alpha value is -3.92. The highest BCUT2D eigenvalue weighted by molar-refractivity contribution is 8.00. The topological polar surface area (TPSA) is 125 Å². The molecule has 0 saturated heterocycles. The number of benzene rings is 2. The van der Waals surface area contributed by atoms with Gasteiger partial charge in [0.1, 0.15) is 5.25 Å². The number of aryl methyl sites for hydroxylation is 1. The van der Waals surface area contributed by atoms with Gasteiger partial charge in [0, 0.05) is 29.2 Å². The first kappa shape index (κ1) is 21.3. The fourth-order valence-corrected chi connectivity index (χ4v) is 4.29. The highest BCUT2D eigenvalue weighted by Crippen LogP contribution is 2.32. The number of fused-ring (bicyclic) bond motifs is 1. The molecule has 4 aromatic rings. The second kappa shape index (κ2) is 9.06. The van der Waals surface area contributed by atoms with Crippen LogP contribution in [0.25, 0.3) is 10.9 Å². The van der Waals surface area contributed by atoms with Crippen molar-refractivity contribution in [1.82, 2.24) is 25.2 Å². The van der Waals surface area contributed by atoms with Gasteiger partial charge in [0.25, 0.3) is 11.5 Å². The van der Waals surface area contributed by atoms with Gasteiger partial charge < -0.3 is 4.57 Å². The molecule has 0 fully saturated rings. The number of aromatic amines is 2. The number of rotatable bonds is 6. The number of amides is 1. The van der Waals surface area contributed by atoms with E-state index in [9.17, 15) is 14.4 Å². The molecule has 4 rings (SSSR count). The molecule has 0 aliphatic carbocycles. The molecule has 2 aromatic heterocycles. The van der Waals surface area contributed by atoms with Gasteiger partial charge >= 0.3 is 5.69 Å². The van der Waals surface area contributed by atoms with Gasteiger partial charge in [-0.3, -0.25) is 14.6 Å². The van der Waals surface area contributed by atoms with Crippen molar-refractivity contribution in [3.63, 3.8) is 0 Å². The van der Waals surface area contributed by atoms with Crippen LogP contribution in [-0.2, 0) is 11.8 Å². The fraction of sp³-hybridized carbons (Fsp3) is 0.136. The summed E-state index contributed by atoms with van der Waals surface area (Å²) in [6.45, 7) is 1.99. The number of thioether (sulfide) groups is 1. The molecule has 9 nitrogen and oxygen atoms in total. The van der Waals surface area contributed by atoms with Crippen LogP contribution in [0.15, 0.2) is 74.3 Å². The van der Waals surface area contributed by atoms with Crippen LogP contribution in [0.2, 0.25) is 0 Å². The Morgan fingerprint density at radius 1 is 1.16 bits per heavy atom. The van der Waals surface area contributed by atoms with Crippen LogP contribution in [0, 0.1) is 6.92 Å². The lowest BCUT2D eigenvalue weighted by Gasteiger charge is -2.14. The van der Waals surface area contributed by atoms with Crippen molar-refractivity contribution in [2.45, 2.75) is 17.2 Å². The molecular formula is C22H20N6O3S. The van der Waals surface area contributed by atoms with Crippen molar-refractivity contribution in [2.24, 2.45) is 12.1 Å². The third-order valence-corrected chi connectivity index (χ3v) is 6.29. The van der Waals surface area contributed by atoms with E-state index in [0.29, 0.717) is 5.56 Å². The molecule has 1 unspecified atom stereocenters. The van der Waals surface area contributed by atoms with Crippen molar-refractivity contribution >= 4 is 34.8 Å². The second-order valence-electron chi connectivity index (χ2n) is 7.03. The maximum atomic E-state index is 13.0. The smallest absolute Gasteiger partial charge is 0.342 e. The van der Waals surface area contributed by atoms with Gasteiger partial charge in [0.2, 0.25) is 0 Å². The molecule has 0 bridgehead atoms. The number of carbonyl (C=O) groups excluding carboxylic acids is 1. The first-order chi connectivity index (χ1) is 15.5. The molecule has 0 aliphatic rings. The van der Waals surface area contributed by atoms with E-state index in [1.165, 1.54) is 0 Å². The average Bonchev–Trinajstić information content (AvgIpc) is 3.04. The Labute approximate surface area is 186 Å². The standard InChI is InChI=1S/C22H20N6O3S/c1-13-16(15-10-6-7-11-17(15)28(13)2)12-23-25-19(29)18(14-8-4-3-5-9-14)32-21-20(30)24-22(31)27-26-21/h3-12,18H,1-2H3,(H,25,29)(H2,24,27,30,31)/b23-12-. The first-order valence-electron chi connectivity index (χ1n) is 9.73. The number of para-hydroxylation sites is 1. The van der Waals surface area contributed by atoms with Gasteiger partial charge in [-0.25, -0.2) is 15.3 Å². The molecule has 1 atom stereocenters. The van der Waals surface area contributed by atoms with Crippen molar-refractivity contribution in [3.8, 4) is 0 Å². The Kier molecular flexibility index (Phi) is 6.04. The van der Waals surface area contributed by atoms with Gasteiger partial charge in [-0.2, -0.15) is 10.2 Å². The predicted molar refractivity (Wildman–Crippen MR) is 124 cm³/mol. The molecule has 0 spiro atoms. The van der Waals surface area contributed by atoms with Crippen molar-refractivity contribution in [3.05, 3.63) is 92.3 Å². The summed E-state index contributed by atoms with van der Waals surface area (Å²) in [5, 5.41) is 10.3. The van der Waals surface area contributed by atoms with Crippen LogP contribution in [0.4, 0.5) is 0 Å². The van der Waals surface area contributed by atoms with E-state index in [2.05, 4.69) is 30.3 Å². The summed E-state index contributed by atoms with van der Waals surface area (Å²) < 4.78 is 2.06. The van der Waals surface area contributed by atoms with Gasteiger partial charge in [-0.1, -0.05) is 60.3 Å². The van der Waals surface area contributed by atoms with Crippen LogP contribution >= 0.6 is 11.8 Å². The highest BCUT2D eigenvalue weighted by Gasteiger charge is 2.24. The van der Waals surface area contributed by atoms with E-state index >= 15 is 0 Å². The quantitative estimate of drug-likeness (QED) is 0.237. The zero-order valence-electron chi connectivity index (χ0n) is 17.3. The maximum Gasteiger partial charge on any atom is 0.342 e. The molecule has 162 valence electrons. The SMILES string of the molecule is Cc1c(/C=N\NC(=O)C(Sc2n[nH]c(=O)[nH]c2=O)c2ccccc2)c2ccccc2n1C. The Morgan fingerprint density at radius 3 is 2.62 bits per heavy atom. The fourth-order valence-electron chi connectivity index (χ4n) is 3.36. The van der Waals surface area contributed by atoms with Gasteiger partial charge in [0.05, 0.1) is 6.21 Å². The number of H-pyrrole nitrogens is 2. The summed E-state index contributed by atoms with van der Waals surface area (Å²) in [5.41, 5.74) is 4.85. The lowest BCUT2D eigenvalue weighted by Crippen LogP contribution is -2.28. The molecule has 3 N–H and O–H groups in total. The summed E-state index contributed by atoms with van der Waals surface area (Å²) in [6, 6.07) is 16.9. The number of hydrazone groups is 1. The van der Waals surface area contributed by atoms with E-state index in [0.717, 1.165) is 33.9 Å². The molecule has 2 heterocycles. The second-order valence-corrected chi connectivity index (χ2v) is 8.12. The van der Waals surface area contributed by atoms with Crippen molar-refractivity contribution < 1.29 is 4.79 Å². The van der Waals surface area contributed by atoms with Crippen LogP contribution < -0.4 is 16.7 Å². The number of carbonyl (C=O) groups is 1. The number of nitrogens with one attached hydrogen (secondary N) is 3. The summed E-state index contributed by atoms with van der Waals surface area (Å²) in [4.78, 5) is 38.4. The summed E-state index contributed by atoms with van der Waals surface area (Å²) >= 11 is 0.926. The molecule has 10 heteroatoms. The third kappa shape index (κ3) is 4.26. The van der Waals surface area contributed by atoms with Crippen molar-refractivity contribution in [2.75, 3.05) is 0 Å². The Balaban J connectivity index is 1.60. The lowest BCUT2D eigenvalue weighted by molar-refractivity contribution is -0.120. The molecule has 0 aliphatic heterocycles. The highest BCUT2D eigenvalue weighted by atomic mass is 32.2. The number of aromatic nitrogens is 4. The zero-order chi connectivity index (χ0) is 22.7. The minimum absolute atomic E-state index is 0.0255. The van der Waals surface area contributed by atoms with Gasteiger partial charge in [-0.15, -0.1) is 0 Å². The van der Waals surface area contributed by atoms with Gasteiger partial charge in [-0.05, 0) is 18.6 Å². The van der Waals surface area contributed by atoms with Gasteiger partial charge in [0.15, 0.2) is 5.03 Å². The molecular weight excluding hydrogens is 428 g/mol. The number of nitrogens with zero attached hydrogens (tertiary/aromatic N) is 3. The van der Waals surface area contributed by atoms with E-state index in [4.69, 9.17) is 0 Å².